The number of fused-ring (bicyclic) bond motifs is 3. The Morgan fingerprint density at radius 3 is 2.70 bits per heavy atom. The van der Waals surface area contributed by atoms with Crippen LogP contribution < -0.4 is 10.5 Å². The van der Waals surface area contributed by atoms with Crippen LogP contribution in [0, 0.1) is 30.5 Å². The highest BCUT2D eigenvalue weighted by Gasteiger charge is 2.34. The van der Waals surface area contributed by atoms with Crippen LogP contribution in [0.5, 0.6) is 5.75 Å². The number of halogens is 1. The van der Waals surface area contributed by atoms with E-state index in [4.69, 9.17) is 10.5 Å². The Kier molecular flexibility index (Phi) is 7.36. The van der Waals surface area contributed by atoms with Gasteiger partial charge in [-0.1, -0.05) is 6.92 Å². The SMILES string of the molecule is C#C.COc1cc(F)cc2c1nc(N)n1nc(CCC[C@H](C)N(C)C(=O)C3CC(C)C3)nc21. The van der Waals surface area contributed by atoms with Crippen LogP contribution in [0.3, 0.4) is 0 Å². The fourth-order valence-electron chi connectivity index (χ4n) is 4.33. The minimum absolute atomic E-state index is 0.145. The van der Waals surface area contributed by atoms with E-state index in [0.29, 0.717) is 40.5 Å². The number of hydrogen-bond donors (Lipinski definition) is 1. The van der Waals surface area contributed by atoms with E-state index in [2.05, 4.69) is 41.8 Å². The monoisotopic (exact) mass is 454 g/mol. The van der Waals surface area contributed by atoms with E-state index in [1.807, 2.05) is 11.9 Å². The molecule has 176 valence electrons. The second-order valence-corrected chi connectivity index (χ2v) is 8.70. The van der Waals surface area contributed by atoms with Gasteiger partial charge in [-0.2, -0.15) is 4.52 Å². The van der Waals surface area contributed by atoms with E-state index < -0.39 is 5.82 Å². The summed E-state index contributed by atoms with van der Waals surface area (Å²) in [6.07, 6.45) is 12.3. The zero-order chi connectivity index (χ0) is 24.3. The van der Waals surface area contributed by atoms with Crippen molar-refractivity contribution in [2.75, 3.05) is 19.9 Å². The van der Waals surface area contributed by atoms with Gasteiger partial charge >= 0.3 is 0 Å². The van der Waals surface area contributed by atoms with Gasteiger partial charge in [0.05, 0.1) is 12.5 Å². The number of nitrogen functional groups attached to an aromatic ring is 1. The van der Waals surface area contributed by atoms with E-state index in [1.165, 1.54) is 23.8 Å². The number of carbonyl (C=O) groups excluding carboxylic acids is 1. The fourth-order valence-corrected chi connectivity index (χ4v) is 4.33. The number of methoxy groups -OCH3 is 1. The number of amides is 1. The van der Waals surface area contributed by atoms with Gasteiger partial charge in [0.1, 0.15) is 17.1 Å². The molecule has 9 heteroatoms. The van der Waals surface area contributed by atoms with E-state index in [0.717, 1.165) is 25.7 Å². The van der Waals surface area contributed by atoms with Crippen LogP contribution in [0.4, 0.5) is 10.3 Å². The minimum atomic E-state index is -0.440. The van der Waals surface area contributed by atoms with E-state index in [9.17, 15) is 9.18 Å². The quantitative estimate of drug-likeness (QED) is 0.549. The fraction of sp³-hybridized carbons (Fsp3) is 0.500. The van der Waals surface area contributed by atoms with E-state index >= 15 is 0 Å². The molecule has 3 aromatic rings. The molecule has 1 aromatic carbocycles. The molecule has 0 bridgehead atoms. The molecule has 0 aliphatic heterocycles. The highest BCUT2D eigenvalue weighted by atomic mass is 19.1. The molecule has 1 saturated carbocycles. The van der Waals surface area contributed by atoms with Gasteiger partial charge in [-0.15, -0.1) is 17.9 Å². The van der Waals surface area contributed by atoms with Crippen LogP contribution >= 0.6 is 0 Å². The average molecular weight is 455 g/mol. The molecule has 0 spiro atoms. The zero-order valence-corrected chi connectivity index (χ0v) is 19.6. The third-order valence-electron chi connectivity index (χ3n) is 6.35. The standard InChI is InChI=1S/C22H29FN6O2.C2H2/c1-12-8-14(9-12)21(30)28(3)13(2)6-5-7-18-25-20-16-10-15(23)11-17(31-4)19(16)26-22(24)29(20)27-18;1-2/h10-14H,5-9H2,1-4H3,(H2,24,26);1-2H/t12?,13-,14?;/m0./s1. The molecule has 2 heterocycles. The van der Waals surface area contributed by atoms with Gasteiger partial charge in [0.2, 0.25) is 11.9 Å². The molecule has 0 radical (unpaired) electrons. The Hall–Kier alpha value is -3.41. The first kappa shape index (κ1) is 24.2. The smallest absolute Gasteiger partial charge is 0.225 e. The molecule has 33 heavy (non-hydrogen) atoms. The summed E-state index contributed by atoms with van der Waals surface area (Å²) >= 11 is 0. The van der Waals surface area contributed by atoms with Crippen LogP contribution in [0.25, 0.3) is 16.6 Å². The molecule has 1 atom stereocenters. The molecular weight excluding hydrogens is 423 g/mol. The number of rotatable bonds is 7. The Bertz CT molecular complexity index is 1170. The highest BCUT2D eigenvalue weighted by Crippen LogP contribution is 2.34. The molecular formula is C24H31FN6O2. The van der Waals surface area contributed by atoms with Gasteiger partial charge < -0.3 is 15.4 Å². The van der Waals surface area contributed by atoms with Crippen LogP contribution in [0.1, 0.15) is 45.4 Å². The molecule has 8 nitrogen and oxygen atoms in total. The van der Waals surface area contributed by atoms with Crippen LogP contribution in [0.15, 0.2) is 12.1 Å². The number of nitrogens with zero attached hydrogens (tertiary/aromatic N) is 5. The van der Waals surface area contributed by atoms with Crippen molar-refractivity contribution < 1.29 is 13.9 Å². The van der Waals surface area contributed by atoms with Crippen molar-refractivity contribution in [2.45, 2.75) is 52.0 Å². The van der Waals surface area contributed by atoms with Gasteiger partial charge in [0, 0.05) is 31.5 Å². The van der Waals surface area contributed by atoms with Gasteiger partial charge in [-0.3, -0.25) is 4.79 Å². The molecule has 1 amide bonds. The molecule has 2 N–H and O–H groups in total. The van der Waals surface area contributed by atoms with Crippen molar-refractivity contribution in [3.05, 3.63) is 23.8 Å². The molecule has 1 fully saturated rings. The Labute approximate surface area is 193 Å². The normalized spacial score (nSPS) is 18.3. The second kappa shape index (κ2) is 10.0. The maximum Gasteiger partial charge on any atom is 0.225 e. The Morgan fingerprint density at radius 1 is 1.36 bits per heavy atom. The third-order valence-corrected chi connectivity index (χ3v) is 6.35. The Balaban J connectivity index is 0.00000149. The summed E-state index contributed by atoms with van der Waals surface area (Å²) in [5.41, 5.74) is 6.96. The zero-order valence-electron chi connectivity index (χ0n) is 19.6. The molecule has 0 saturated heterocycles. The van der Waals surface area contributed by atoms with Gasteiger partial charge in [-0.25, -0.2) is 14.4 Å². The summed E-state index contributed by atoms with van der Waals surface area (Å²) in [5, 5.41) is 4.96. The molecule has 0 unspecified atom stereocenters. The number of aryl methyl sites for hydroxylation is 1. The van der Waals surface area contributed by atoms with Crippen molar-refractivity contribution in [3.8, 4) is 18.6 Å². The summed E-state index contributed by atoms with van der Waals surface area (Å²) in [6.45, 7) is 4.26. The first-order valence-corrected chi connectivity index (χ1v) is 11.1. The maximum atomic E-state index is 14.0. The number of terminal acetylenes is 1. The van der Waals surface area contributed by atoms with Gasteiger partial charge in [0.25, 0.3) is 0 Å². The highest BCUT2D eigenvalue weighted by molar-refractivity contribution is 5.95. The first-order valence-electron chi connectivity index (χ1n) is 11.1. The van der Waals surface area contributed by atoms with Crippen molar-refractivity contribution >= 4 is 28.4 Å². The number of aromatic nitrogens is 4. The summed E-state index contributed by atoms with van der Waals surface area (Å²) in [4.78, 5) is 23.3. The summed E-state index contributed by atoms with van der Waals surface area (Å²) < 4.78 is 20.7. The molecule has 1 aliphatic rings. The van der Waals surface area contributed by atoms with Crippen molar-refractivity contribution in [1.82, 2.24) is 24.5 Å². The molecule has 2 aromatic heterocycles. The largest absolute Gasteiger partial charge is 0.494 e. The summed E-state index contributed by atoms with van der Waals surface area (Å²) in [6, 6.07) is 2.78. The van der Waals surface area contributed by atoms with Crippen molar-refractivity contribution in [3.63, 3.8) is 0 Å². The Morgan fingerprint density at radius 2 is 2.06 bits per heavy atom. The topological polar surface area (TPSA) is 98.6 Å². The van der Waals surface area contributed by atoms with Crippen molar-refractivity contribution in [2.24, 2.45) is 11.8 Å². The van der Waals surface area contributed by atoms with Crippen LogP contribution in [0.2, 0.25) is 0 Å². The number of hydrogen-bond acceptors (Lipinski definition) is 6. The first-order chi connectivity index (χ1) is 15.8. The lowest BCUT2D eigenvalue weighted by Crippen LogP contribution is -2.43. The van der Waals surface area contributed by atoms with Gasteiger partial charge in [-0.05, 0) is 44.6 Å². The summed E-state index contributed by atoms with van der Waals surface area (Å²) in [7, 11) is 3.35. The van der Waals surface area contributed by atoms with Crippen molar-refractivity contribution in [1.29, 1.82) is 0 Å². The number of carbonyl (C=O) groups is 1. The van der Waals surface area contributed by atoms with Crippen LogP contribution in [-0.4, -0.2) is 50.6 Å². The lowest BCUT2D eigenvalue weighted by Gasteiger charge is -2.36. The number of ether oxygens (including phenoxy) is 1. The van der Waals surface area contributed by atoms with Crippen LogP contribution in [-0.2, 0) is 11.2 Å². The third kappa shape index (κ3) is 4.85. The lowest BCUT2D eigenvalue weighted by atomic mass is 9.75. The maximum absolute atomic E-state index is 14.0. The van der Waals surface area contributed by atoms with Gasteiger partial charge in [0.15, 0.2) is 11.5 Å². The second-order valence-electron chi connectivity index (χ2n) is 8.70. The predicted molar refractivity (Wildman–Crippen MR) is 126 cm³/mol. The molecule has 1 aliphatic carbocycles. The number of nitrogens with two attached hydrogens (primary N) is 1. The lowest BCUT2D eigenvalue weighted by molar-refractivity contribution is -0.140. The number of anilines is 1. The van der Waals surface area contributed by atoms with E-state index in [-0.39, 0.29) is 23.8 Å². The van der Waals surface area contributed by atoms with E-state index in [1.54, 1.807) is 0 Å². The summed E-state index contributed by atoms with van der Waals surface area (Å²) in [5.74, 6) is 1.73. The average Bonchev–Trinajstić information content (AvgIpc) is 3.22. The number of benzene rings is 1. The molecule has 4 rings (SSSR count). The minimum Gasteiger partial charge on any atom is -0.494 e. The predicted octanol–water partition coefficient (Wildman–Crippen LogP) is 3.47.